The largest absolute Gasteiger partial charge is 0.387 e. The fourth-order valence-corrected chi connectivity index (χ4v) is 3.38. The first-order valence-corrected chi connectivity index (χ1v) is 9.01. The first-order valence-electron chi connectivity index (χ1n) is 8.63. The van der Waals surface area contributed by atoms with E-state index >= 15 is 0 Å². The van der Waals surface area contributed by atoms with Gasteiger partial charge in [-0.2, -0.15) is 0 Å². The standard InChI is InChI=1S/C20H23ClN2O2/c21-17-8-4-7-16(13-17)19(24)14-23-11-9-18(10-12-23)22-20(25)15-5-2-1-3-6-15/h1-8,13,18-19,24H,9-12,14H2,(H,22,25). The molecule has 0 aliphatic carbocycles. The number of amides is 1. The van der Waals surface area contributed by atoms with Gasteiger partial charge < -0.3 is 15.3 Å². The molecule has 0 aromatic heterocycles. The number of halogens is 1. The molecule has 2 aromatic rings. The lowest BCUT2D eigenvalue weighted by atomic mass is 10.0. The molecular formula is C20H23ClN2O2. The minimum atomic E-state index is -0.547. The third-order valence-electron chi connectivity index (χ3n) is 4.62. The third-order valence-corrected chi connectivity index (χ3v) is 4.86. The van der Waals surface area contributed by atoms with E-state index in [9.17, 15) is 9.90 Å². The molecule has 25 heavy (non-hydrogen) atoms. The van der Waals surface area contributed by atoms with Crippen molar-refractivity contribution in [1.29, 1.82) is 0 Å². The van der Waals surface area contributed by atoms with Gasteiger partial charge >= 0.3 is 0 Å². The van der Waals surface area contributed by atoms with E-state index in [4.69, 9.17) is 11.6 Å². The van der Waals surface area contributed by atoms with Crippen molar-refractivity contribution < 1.29 is 9.90 Å². The molecule has 1 aliphatic rings. The van der Waals surface area contributed by atoms with Crippen molar-refractivity contribution in [2.75, 3.05) is 19.6 Å². The average Bonchev–Trinajstić information content (AvgIpc) is 2.64. The van der Waals surface area contributed by atoms with Gasteiger partial charge in [0.2, 0.25) is 0 Å². The van der Waals surface area contributed by atoms with Gasteiger partial charge in [-0.05, 0) is 42.7 Å². The van der Waals surface area contributed by atoms with Crippen LogP contribution in [-0.4, -0.2) is 41.6 Å². The SMILES string of the molecule is O=C(NC1CCN(CC(O)c2cccc(Cl)c2)CC1)c1ccccc1. The lowest BCUT2D eigenvalue weighted by Crippen LogP contribution is -2.45. The number of hydrogen-bond donors (Lipinski definition) is 2. The van der Waals surface area contributed by atoms with E-state index in [-0.39, 0.29) is 11.9 Å². The number of likely N-dealkylation sites (tertiary alicyclic amines) is 1. The summed E-state index contributed by atoms with van der Waals surface area (Å²) in [5, 5.41) is 14.1. The van der Waals surface area contributed by atoms with Gasteiger partial charge in [0.25, 0.3) is 5.91 Å². The Morgan fingerprint density at radius 1 is 1.16 bits per heavy atom. The summed E-state index contributed by atoms with van der Waals surface area (Å²) in [4.78, 5) is 14.4. The molecule has 1 unspecified atom stereocenters. The summed E-state index contributed by atoms with van der Waals surface area (Å²) < 4.78 is 0. The molecule has 1 atom stereocenters. The summed E-state index contributed by atoms with van der Waals surface area (Å²) in [6.45, 7) is 2.30. The van der Waals surface area contributed by atoms with Crippen LogP contribution in [0.25, 0.3) is 0 Å². The Bertz CT molecular complexity index is 700. The number of nitrogens with zero attached hydrogens (tertiary/aromatic N) is 1. The number of rotatable bonds is 5. The molecule has 1 heterocycles. The van der Waals surface area contributed by atoms with Crippen LogP contribution in [0.1, 0.15) is 34.9 Å². The van der Waals surface area contributed by atoms with Crippen molar-refractivity contribution in [2.45, 2.75) is 25.0 Å². The zero-order valence-corrected chi connectivity index (χ0v) is 14.8. The Hall–Kier alpha value is -1.88. The summed E-state index contributed by atoms with van der Waals surface area (Å²) in [6, 6.07) is 16.8. The Kier molecular flexibility index (Phi) is 6.08. The first kappa shape index (κ1) is 17.9. The molecule has 4 nitrogen and oxygen atoms in total. The van der Waals surface area contributed by atoms with Gasteiger partial charge in [-0.25, -0.2) is 0 Å². The minimum Gasteiger partial charge on any atom is -0.387 e. The Morgan fingerprint density at radius 2 is 1.88 bits per heavy atom. The van der Waals surface area contributed by atoms with Gasteiger partial charge in [0, 0.05) is 36.3 Å². The highest BCUT2D eigenvalue weighted by molar-refractivity contribution is 6.30. The van der Waals surface area contributed by atoms with E-state index in [0.29, 0.717) is 17.1 Å². The van der Waals surface area contributed by atoms with Crippen LogP contribution < -0.4 is 5.32 Å². The number of nitrogens with one attached hydrogen (secondary N) is 1. The molecule has 1 aliphatic heterocycles. The van der Waals surface area contributed by atoms with Crippen molar-refractivity contribution in [2.24, 2.45) is 0 Å². The van der Waals surface area contributed by atoms with Crippen molar-refractivity contribution >= 4 is 17.5 Å². The number of benzene rings is 2. The Balaban J connectivity index is 1.46. The zero-order chi connectivity index (χ0) is 17.6. The topological polar surface area (TPSA) is 52.6 Å². The van der Waals surface area contributed by atoms with E-state index in [0.717, 1.165) is 31.5 Å². The molecule has 0 radical (unpaired) electrons. The van der Waals surface area contributed by atoms with Crippen LogP contribution in [-0.2, 0) is 0 Å². The number of aliphatic hydroxyl groups is 1. The highest BCUT2D eigenvalue weighted by Gasteiger charge is 2.23. The maximum absolute atomic E-state index is 12.2. The molecule has 5 heteroatoms. The van der Waals surface area contributed by atoms with E-state index in [1.807, 2.05) is 42.5 Å². The second-order valence-electron chi connectivity index (χ2n) is 6.49. The molecule has 2 aromatic carbocycles. The monoisotopic (exact) mass is 358 g/mol. The molecule has 0 spiro atoms. The van der Waals surface area contributed by atoms with Gasteiger partial charge in [-0.15, -0.1) is 0 Å². The summed E-state index contributed by atoms with van der Waals surface area (Å²) in [5.41, 5.74) is 1.54. The summed E-state index contributed by atoms with van der Waals surface area (Å²) in [6.07, 6.45) is 1.23. The smallest absolute Gasteiger partial charge is 0.251 e. The number of hydrogen-bond acceptors (Lipinski definition) is 3. The molecule has 1 saturated heterocycles. The van der Waals surface area contributed by atoms with Gasteiger partial charge in [0.1, 0.15) is 0 Å². The lowest BCUT2D eigenvalue weighted by Gasteiger charge is -2.33. The number of carbonyl (C=O) groups excluding carboxylic acids is 1. The molecule has 2 N–H and O–H groups in total. The highest BCUT2D eigenvalue weighted by Crippen LogP contribution is 2.20. The van der Waals surface area contributed by atoms with E-state index in [1.54, 1.807) is 12.1 Å². The predicted octanol–water partition coefficient (Wildman–Crippen LogP) is 3.27. The average molecular weight is 359 g/mol. The number of β-amino-alcohol motifs (C(OH)–C–C–N with tert-alkyl or cyclic N) is 1. The number of aliphatic hydroxyl groups excluding tert-OH is 1. The summed E-state index contributed by atoms with van der Waals surface area (Å²) in [7, 11) is 0. The van der Waals surface area contributed by atoms with Gasteiger partial charge in [-0.3, -0.25) is 4.79 Å². The van der Waals surface area contributed by atoms with E-state index in [1.165, 1.54) is 0 Å². The molecule has 0 bridgehead atoms. The van der Waals surface area contributed by atoms with Crippen LogP contribution >= 0.6 is 11.6 Å². The fourth-order valence-electron chi connectivity index (χ4n) is 3.18. The van der Waals surface area contributed by atoms with Crippen LogP contribution in [0.5, 0.6) is 0 Å². The maximum atomic E-state index is 12.2. The molecule has 0 saturated carbocycles. The molecule has 1 fully saturated rings. The second-order valence-corrected chi connectivity index (χ2v) is 6.92. The van der Waals surface area contributed by atoms with Crippen molar-refractivity contribution in [3.05, 3.63) is 70.7 Å². The Labute approximate surface area is 153 Å². The van der Waals surface area contributed by atoms with Gasteiger partial charge in [0.15, 0.2) is 0 Å². The minimum absolute atomic E-state index is 0.0157. The second kappa shape index (κ2) is 8.48. The molecule has 3 rings (SSSR count). The third kappa shape index (κ3) is 5.05. The normalized spacial score (nSPS) is 17.2. The van der Waals surface area contributed by atoms with Crippen LogP contribution in [0.4, 0.5) is 0 Å². The summed E-state index contributed by atoms with van der Waals surface area (Å²) in [5.74, 6) is -0.0157. The highest BCUT2D eigenvalue weighted by atomic mass is 35.5. The summed E-state index contributed by atoms with van der Waals surface area (Å²) >= 11 is 5.98. The number of piperidine rings is 1. The fraction of sp³-hybridized carbons (Fsp3) is 0.350. The van der Waals surface area contributed by atoms with Crippen molar-refractivity contribution in [3.8, 4) is 0 Å². The molecule has 1 amide bonds. The quantitative estimate of drug-likeness (QED) is 0.862. The van der Waals surface area contributed by atoms with Crippen LogP contribution in [0.2, 0.25) is 5.02 Å². The predicted molar refractivity (Wildman–Crippen MR) is 99.8 cm³/mol. The maximum Gasteiger partial charge on any atom is 0.251 e. The van der Waals surface area contributed by atoms with E-state index < -0.39 is 6.10 Å². The lowest BCUT2D eigenvalue weighted by molar-refractivity contribution is 0.0828. The molecule has 132 valence electrons. The van der Waals surface area contributed by atoms with Crippen LogP contribution in [0.15, 0.2) is 54.6 Å². The van der Waals surface area contributed by atoms with Crippen LogP contribution in [0.3, 0.4) is 0 Å². The van der Waals surface area contributed by atoms with Crippen molar-refractivity contribution in [1.82, 2.24) is 10.2 Å². The number of carbonyl (C=O) groups is 1. The zero-order valence-electron chi connectivity index (χ0n) is 14.1. The van der Waals surface area contributed by atoms with Crippen LogP contribution in [0, 0.1) is 0 Å². The van der Waals surface area contributed by atoms with Gasteiger partial charge in [0.05, 0.1) is 6.10 Å². The first-order chi connectivity index (χ1) is 12.1. The molecular weight excluding hydrogens is 336 g/mol. The van der Waals surface area contributed by atoms with E-state index in [2.05, 4.69) is 10.2 Å². The van der Waals surface area contributed by atoms with Crippen molar-refractivity contribution in [3.63, 3.8) is 0 Å². The van der Waals surface area contributed by atoms with Gasteiger partial charge in [-0.1, -0.05) is 41.9 Å². The Morgan fingerprint density at radius 3 is 2.56 bits per heavy atom.